The molecule has 3 rings (SSSR count). The zero-order valence-corrected chi connectivity index (χ0v) is 16.8. The van der Waals surface area contributed by atoms with Crippen LogP contribution in [0.2, 0.25) is 0 Å². The number of carbonyl (C=O) groups excluding carboxylic acids is 2. The molecule has 0 saturated heterocycles. The molecule has 0 heterocycles. The van der Waals surface area contributed by atoms with Crippen molar-refractivity contribution in [2.24, 2.45) is 5.92 Å². The summed E-state index contributed by atoms with van der Waals surface area (Å²) in [5, 5.41) is 4.73. The fourth-order valence-corrected chi connectivity index (χ4v) is 4.04. The lowest BCUT2D eigenvalue weighted by Gasteiger charge is -2.20. The summed E-state index contributed by atoms with van der Waals surface area (Å²) in [6.07, 6.45) is 4.97. The number of thioether (sulfide) groups is 1. The van der Waals surface area contributed by atoms with E-state index in [0.717, 1.165) is 43.9 Å². The lowest BCUT2D eigenvalue weighted by Crippen LogP contribution is -2.24. The van der Waals surface area contributed by atoms with E-state index in [-0.39, 0.29) is 23.6 Å². The second-order valence-corrected chi connectivity index (χ2v) is 8.08. The molecule has 2 N–H and O–H groups in total. The lowest BCUT2D eigenvalue weighted by atomic mass is 9.88. The fraction of sp³-hybridized carbons (Fsp3) is 0.333. The first-order chi connectivity index (χ1) is 14.3. The first kappa shape index (κ1) is 22.1. The van der Waals surface area contributed by atoms with Crippen molar-refractivity contribution in [3.05, 3.63) is 53.6 Å². The van der Waals surface area contributed by atoms with Crippen molar-refractivity contribution in [3.63, 3.8) is 0 Å². The van der Waals surface area contributed by atoms with E-state index in [1.165, 1.54) is 0 Å². The molecule has 1 aliphatic rings. The van der Waals surface area contributed by atoms with Gasteiger partial charge >= 0.3 is 0 Å². The number of benzene rings is 2. The minimum atomic E-state index is -1.67. The molecule has 2 amide bonds. The van der Waals surface area contributed by atoms with Crippen LogP contribution in [-0.4, -0.2) is 17.6 Å². The van der Waals surface area contributed by atoms with Gasteiger partial charge in [0.05, 0.1) is 5.75 Å². The number of rotatable bonds is 6. The summed E-state index contributed by atoms with van der Waals surface area (Å²) >= 11 is 1.05. The van der Waals surface area contributed by atoms with Gasteiger partial charge in [-0.3, -0.25) is 9.59 Å². The molecule has 1 fully saturated rings. The van der Waals surface area contributed by atoms with E-state index in [4.69, 9.17) is 0 Å². The zero-order chi connectivity index (χ0) is 21.7. The van der Waals surface area contributed by atoms with Crippen molar-refractivity contribution in [1.29, 1.82) is 0 Å². The number of nitrogens with one attached hydrogen (secondary N) is 2. The van der Waals surface area contributed by atoms with E-state index in [2.05, 4.69) is 5.32 Å². The molecule has 160 valence electrons. The molecule has 0 radical (unpaired) electrons. The first-order valence-electron chi connectivity index (χ1n) is 9.51. The third-order valence-electron chi connectivity index (χ3n) is 4.82. The van der Waals surface area contributed by atoms with E-state index in [9.17, 15) is 27.2 Å². The number of amides is 2. The van der Waals surface area contributed by atoms with E-state index < -0.39 is 34.9 Å². The van der Waals surface area contributed by atoms with Crippen molar-refractivity contribution in [2.45, 2.75) is 37.0 Å². The molecule has 1 aliphatic carbocycles. The normalized spacial score (nSPS) is 14.4. The molecule has 4 nitrogen and oxygen atoms in total. The summed E-state index contributed by atoms with van der Waals surface area (Å²) < 4.78 is 53.8. The van der Waals surface area contributed by atoms with Crippen molar-refractivity contribution < 1.29 is 27.2 Å². The summed E-state index contributed by atoms with van der Waals surface area (Å²) in [5.41, 5.74) is -0.577. The largest absolute Gasteiger partial charge is 0.326 e. The minimum absolute atomic E-state index is 0.00251. The SMILES string of the molecule is O=C(CSc1cccc(NC(=O)C2CCCCC2)c1)Nc1c(F)c(F)cc(F)c1F. The van der Waals surface area contributed by atoms with E-state index in [0.29, 0.717) is 10.6 Å². The van der Waals surface area contributed by atoms with E-state index in [1.54, 1.807) is 24.3 Å². The molecule has 0 atom stereocenters. The molecule has 0 unspecified atom stereocenters. The Labute approximate surface area is 175 Å². The van der Waals surface area contributed by atoms with Crippen molar-refractivity contribution in [2.75, 3.05) is 16.4 Å². The number of carbonyl (C=O) groups is 2. The van der Waals surface area contributed by atoms with Gasteiger partial charge in [-0.1, -0.05) is 25.3 Å². The van der Waals surface area contributed by atoms with Gasteiger partial charge in [0, 0.05) is 22.6 Å². The average molecular weight is 440 g/mol. The van der Waals surface area contributed by atoms with E-state index >= 15 is 0 Å². The Bertz CT molecular complexity index is 923. The zero-order valence-electron chi connectivity index (χ0n) is 15.9. The van der Waals surface area contributed by atoms with Gasteiger partial charge in [-0.2, -0.15) is 0 Å². The van der Waals surface area contributed by atoms with Gasteiger partial charge in [0.2, 0.25) is 11.8 Å². The molecular weight excluding hydrogens is 420 g/mol. The second kappa shape index (κ2) is 9.97. The maximum atomic E-state index is 13.7. The summed E-state index contributed by atoms with van der Waals surface area (Å²) in [6, 6.07) is 6.89. The summed E-state index contributed by atoms with van der Waals surface area (Å²) in [5.74, 6) is -7.65. The number of hydrogen-bond donors (Lipinski definition) is 2. The maximum absolute atomic E-state index is 13.7. The third-order valence-corrected chi connectivity index (χ3v) is 5.82. The van der Waals surface area contributed by atoms with Crippen LogP contribution in [0.1, 0.15) is 32.1 Å². The highest BCUT2D eigenvalue weighted by molar-refractivity contribution is 8.00. The smallest absolute Gasteiger partial charge is 0.234 e. The molecule has 2 aromatic carbocycles. The van der Waals surface area contributed by atoms with Crippen LogP contribution in [0.15, 0.2) is 35.2 Å². The highest BCUT2D eigenvalue weighted by atomic mass is 32.2. The number of anilines is 2. The van der Waals surface area contributed by atoms with Gasteiger partial charge in [0.15, 0.2) is 23.3 Å². The molecule has 0 aromatic heterocycles. The van der Waals surface area contributed by atoms with Crippen LogP contribution in [0.4, 0.5) is 28.9 Å². The van der Waals surface area contributed by atoms with Crippen LogP contribution in [-0.2, 0) is 9.59 Å². The number of halogens is 4. The van der Waals surface area contributed by atoms with Crippen LogP contribution in [0.3, 0.4) is 0 Å². The van der Waals surface area contributed by atoms with Crippen LogP contribution < -0.4 is 10.6 Å². The Morgan fingerprint density at radius 3 is 2.27 bits per heavy atom. The quantitative estimate of drug-likeness (QED) is 0.355. The summed E-state index contributed by atoms with van der Waals surface area (Å²) in [6.45, 7) is 0. The molecular formula is C21H20F4N2O2S. The lowest BCUT2D eigenvalue weighted by molar-refractivity contribution is -0.120. The molecule has 0 spiro atoms. The van der Waals surface area contributed by atoms with Gasteiger partial charge in [-0.15, -0.1) is 11.8 Å². The molecule has 0 bridgehead atoms. The predicted molar refractivity (Wildman–Crippen MR) is 107 cm³/mol. The van der Waals surface area contributed by atoms with Crippen LogP contribution >= 0.6 is 11.8 Å². The molecule has 30 heavy (non-hydrogen) atoms. The van der Waals surface area contributed by atoms with Gasteiger partial charge < -0.3 is 10.6 Å². The Morgan fingerprint density at radius 2 is 1.60 bits per heavy atom. The monoisotopic (exact) mass is 440 g/mol. The second-order valence-electron chi connectivity index (χ2n) is 7.03. The Hall–Kier alpha value is -2.55. The third kappa shape index (κ3) is 5.53. The van der Waals surface area contributed by atoms with Gasteiger partial charge in [0.25, 0.3) is 0 Å². The average Bonchev–Trinajstić information content (AvgIpc) is 2.75. The maximum Gasteiger partial charge on any atom is 0.234 e. The van der Waals surface area contributed by atoms with Gasteiger partial charge in [-0.25, -0.2) is 17.6 Å². The standard InChI is InChI=1S/C21H20F4N2O2S/c22-15-10-16(23)19(25)20(18(15)24)27-17(28)11-30-14-8-4-7-13(9-14)26-21(29)12-5-2-1-3-6-12/h4,7-10,12H,1-3,5-6,11H2,(H,26,29)(H,27,28). The van der Waals surface area contributed by atoms with Gasteiger partial charge in [-0.05, 0) is 31.0 Å². The summed E-state index contributed by atoms with van der Waals surface area (Å²) in [7, 11) is 0. The molecule has 0 aliphatic heterocycles. The predicted octanol–water partition coefficient (Wildman–Crippen LogP) is 5.49. The Balaban J connectivity index is 1.58. The highest BCUT2D eigenvalue weighted by Gasteiger charge is 2.22. The van der Waals surface area contributed by atoms with Gasteiger partial charge in [0.1, 0.15) is 5.69 Å². The van der Waals surface area contributed by atoms with Crippen molar-refractivity contribution >= 4 is 35.0 Å². The Kier molecular flexibility index (Phi) is 7.36. The first-order valence-corrected chi connectivity index (χ1v) is 10.5. The van der Waals surface area contributed by atoms with Crippen LogP contribution in [0.25, 0.3) is 0 Å². The molecule has 1 saturated carbocycles. The Morgan fingerprint density at radius 1 is 0.933 bits per heavy atom. The van der Waals surface area contributed by atoms with Crippen LogP contribution in [0.5, 0.6) is 0 Å². The van der Waals surface area contributed by atoms with E-state index in [1.807, 2.05) is 5.32 Å². The van der Waals surface area contributed by atoms with Crippen molar-refractivity contribution in [3.8, 4) is 0 Å². The molecule has 2 aromatic rings. The molecule has 9 heteroatoms. The van der Waals surface area contributed by atoms with Crippen molar-refractivity contribution in [1.82, 2.24) is 0 Å². The minimum Gasteiger partial charge on any atom is -0.326 e. The number of hydrogen-bond acceptors (Lipinski definition) is 3. The summed E-state index contributed by atoms with van der Waals surface area (Å²) in [4.78, 5) is 25.0. The highest BCUT2D eigenvalue weighted by Crippen LogP contribution is 2.27. The van der Waals surface area contributed by atoms with Crippen LogP contribution in [0, 0.1) is 29.2 Å². The topological polar surface area (TPSA) is 58.2 Å². The fourth-order valence-electron chi connectivity index (χ4n) is 3.28.